The third-order valence-electron chi connectivity index (χ3n) is 4.62. The maximum Gasteiger partial charge on any atom is 0.253 e. The number of anilines is 1. The van der Waals surface area contributed by atoms with E-state index in [1.807, 2.05) is 39.8 Å². The highest BCUT2D eigenvalue weighted by Crippen LogP contribution is 2.21. The van der Waals surface area contributed by atoms with E-state index in [1.54, 1.807) is 18.2 Å². The molecule has 0 saturated carbocycles. The summed E-state index contributed by atoms with van der Waals surface area (Å²) >= 11 is 12.0. The summed E-state index contributed by atoms with van der Waals surface area (Å²) in [6, 6.07) is 11.1. The van der Waals surface area contributed by atoms with Gasteiger partial charge >= 0.3 is 0 Å². The molecule has 3 N–H and O–H groups in total. The van der Waals surface area contributed by atoms with Gasteiger partial charge in [0.1, 0.15) is 6.04 Å². The average Bonchev–Trinajstić information content (AvgIpc) is 2.70. The summed E-state index contributed by atoms with van der Waals surface area (Å²) in [5, 5.41) is 9.05. The summed E-state index contributed by atoms with van der Waals surface area (Å²) < 4.78 is 0. The van der Waals surface area contributed by atoms with Crippen molar-refractivity contribution in [2.24, 2.45) is 11.8 Å². The van der Waals surface area contributed by atoms with Crippen LogP contribution >= 0.6 is 23.2 Å². The summed E-state index contributed by atoms with van der Waals surface area (Å²) in [6.45, 7) is 7.63. The second-order valence-electron chi connectivity index (χ2n) is 7.88. The van der Waals surface area contributed by atoms with E-state index in [0.29, 0.717) is 10.7 Å². The first-order chi connectivity index (χ1) is 14.6. The van der Waals surface area contributed by atoms with Crippen LogP contribution in [0.3, 0.4) is 0 Å². The lowest BCUT2D eigenvalue weighted by molar-refractivity contribution is -0.124. The summed E-state index contributed by atoms with van der Waals surface area (Å²) in [5.41, 5.74) is 1.81. The molecule has 6 nitrogen and oxygen atoms in total. The number of amides is 3. The Labute approximate surface area is 192 Å². The highest BCUT2D eigenvalue weighted by atomic mass is 35.5. The summed E-state index contributed by atoms with van der Waals surface area (Å²) in [5.74, 6) is -1.04. The number of rotatable bonds is 8. The van der Waals surface area contributed by atoms with Crippen molar-refractivity contribution in [2.45, 2.75) is 40.3 Å². The number of nitrogens with one attached hydrogen (secondary N) is 3. The second kappa shape index (κ2) is 11.2. The lowest BCUT2D eigenvalue weighted by Crippen LogP contribution is -2.49. The van der Waals surface area contributed by atoms with Crippen LogP contribution in [0.1, 0.15) is 43.6 Å². The minimum atomic E-state index is -0.733. The predicted molar refractivity (Wildman–Crippen MR) is 124 cm³/mol. The topological polar surface area (TPSA) is 87.3 Å². The maximum atomic E-state index is 12.7. The normalized spacial score (nSPS) is 11.9. The van der Waals surface area contributed by atoms with Crippen LogP contribution in [0.4, 0.5) is 5.69 Å². The lowest BCUT2D eigenvalue weighted by Gasteiger charge is -2.22. The Morgan fingerprint density at radius 1 is 0.903 bits per heavy atom. The molecule has 0 fully saturated rings. The van der Waals surface area contributed by atoms with Gasteiger partial charge in [-0.2, -0.15) is 0 Å². The molecular weight excluding hydrogens is 437 g/mol. The SMILES string of the molecule is CC(C)C(=O)Nc1ccc(CNC(=O)C(NC(=O)c2ccc(Cl)cc2Cl)C(C)C)cc1. The Hall–Kier alpha value is -2.57. The van der Waals surface area contributed by atoms with Gasteiger partial charge in [-0.1, -0.05) is 63.0 Å². The molecule has 0 spiro atoms. The highest BCUT2D eigenvalue weighted by Gasteiger charge is 2.25. The fourth-order valence-corrected chi connectivity index (χ4v) is 3.21. The van der Waals surface area contributed by atoms with Crippen LogP contribution in [-0.4, -0.2) is 23.8 Å². The van der Waals surface area contributed by atoms with Crippen LogP contribution in [0.15, 0.2) is 42.5 Å². The van der Waals surface area contributed by atoms with E-state index in [-0.39, 0.29) is 40.8 Å². The van der Waals surface area contributed by atoms with Crippen molar-refractivity contribution in [1.29, 1.82) is 0 Å². The van der Waals surface area contributed by atoms with Crippen LogP contribution in [0.2, 0.25) is 10.0 Å². The first kappa shape index (κ1) is 24.7. The molecule has 2 aromatic rings. The van der Waals surface area contributed by atoms with Gasteiger partial charge < -0.3 is 16.0 Å². The van der Waals surface area contributed by atoms with Crippen LogP contribution < -0.4 is 16.0 Å². The number of benzene rings is 2. The standard InChI is InChI=1S/C23H27Cl2N3O3/c1-13(2)20(28-22(30)18-10-7-16(24)11-19(18)25)23(31)26-12-15-5-8-17(9-6-15)27-21(29)14(3)4/h5-11,13-14,20H,12H2,1-4H3,(H,26,31)(H,27,29)(H,28,30). The molecule has 0 aliphatic carbocycles. The molecule has 0 radical (unpaired) electrons. The Kier molecular flexibility index (Phi) is 8.89. The van der Waals surface area contributed by atoms with Gasteiger partial charge in [-0.15, -0.1) is 0 Å². The number of carbonyl (C=O) groups excluding carboxylic acids is 3. The molecule has 0 saturated heterocycles. The Balaban J connectivity index is 1.98. The van der Waals surface area contributed by atoms with Crippen LogP contribution in [0.5, 0.6) is 0 Å². The molecular formula is C23H27Cl2N3O3. The summed E-state index contributed by atoms with van der Waals surface area (Å²) in [6.07, 6.45) is 0. The predicted octanol–water partition coefficient (Wildman–Crippen LogP) is 4.66. The number of halogens is 2. The zero-order valence-corrected chi connectivity index (χ0v) is 19.5. The molecule has 2 rings (SSSR count). The number of hydrogen-bond donors (Lipinski definition) is 3. The monoisotopic (exact) mass is 463 g/mol. The van der Waals surface area contributed by atoms with Crippen molar-refractivity contribution in [2.75, 3.05) is 5.32 Å². The number of carbonyl (C=O) groups is 3. The minimum absolute atomic E-state index is 0.0580. The molecule has 0 heterocycles. The van der Waals surface area contributed by atoms with E-state index in [0.717, 1.165) is 5.56 Å². The van der Waals surface area contributed by atoms with Gasteiger partial charge in [0.05, 0.1) is 10.6 Å². The first-order valence-corrected chi connectivity index (χ1v) is 10.8. The van der Waals surface area contributed by atoms with Gasteiger partial charge in [-0.25, -0.2) is 0 Å². The van der Waals surface area contributed by atoms with Gasteiger partial charge in [0.25, 0.3) is 5.91 Å². The molecule has 0 bridgehead atoms. The first-order valence-electron chi connectivity index (χ1n) is 10.0. The van der Waals surface area contributed by atoms with E-state index >= 15 is 0 Å². The Morgan fingerprint density at radius 2 is 1.55 bits per heavy atom. The van der Waals surface area contributed by atoms with E-state index < -0.39 is 11.9 Å². The van der Waals surface area contributed by atoms with E-state index in [4.69, 9.17) is 23.2 Å². The summed E-state index contributed by atoms with van der Waals surface area (Å²) in [7, 11) is 0. The second-order valence-corrected chi connectivity index (χ2v) is 8.72. The fourth-order valence-electron chi connectivity index (χ4n) is 2.72. The Bertz CT molecular complexity index is 944. The van der Waals surface area contributed by atoms with Crippen molar-refractivity contribution in [3.05, 3.63) is 63.6 Å². The molecule has 1 unspecified atom stereocenters. The van der Waals surface area contributed by atoms with E-state index in [1.165, 1.54) is 12.1 Å². The quantitative estimate of drug-likeness (QED) is 0.531. The smallest absolute Gasteiger partial charge is 0.253 e. The fraction of sp³-hybridized carbons (Fsp3) is 0.348. The van der Waals surface area contributed by atoms with Gasteiger partial charge in [0.2, 0.25) is 11.8 Å². The molecule has 8 heteroatoms. The van der Waals surface area contributed by atoms with Crippen molar-refractivity contribution >= 4 is 46.6 Å². The molecule has 0 aliphatic rings. The van der Waals surface area contributed by atoms with Crippen molar-refractivity contribution in [3.63, 3.8) is 0 Å². The van der Waals surface area contributed by atoms with E-state index in [9.17, 15) is 14.4 Å². The Morgan fingerprint density at radius 3 is 2.10 bits per heavy atom. The van der Waals surface area contributed by atoms with Gasteiger partial charge in [0, 0.05) is 23.2 Å². The third kappa shape index (κ3) is 7.26. The van der Waals surface area contributed by atoms with Crippen molar-refractivity contribution in [3.8, 4) is 0 Å². The van der Waals surface area contributed by atoms with Crippen LogP contribution in [0, 0.1) is 11.8 Å². The van der Waals surface area contributed by atoms with Gasteiger partial charge in [0.15, 0.2) is 0 Å². The van der Waals surface area contributed by atoms with E-state index in [2.05, 4.69) is 16.0 Å². The lowest BCUT2D eigenvalue weighted by atomic mass is 10.0. The molecule has 0 aromatic heterocycles. The molecule has 0 aliphatic heterocycles. The van der Waals surface area contributed by atoms with Crippen molar-refractivity contribution < 1.29 is 14.4 Å². The number of hydrogen-bond acceptors (Lipinski definition) is 3. The molecule has 1 atom stereocenters. The molecule has 3 amide bonds. The molecule has 166 valence electrons. The largest absolute Gasteiger partial charge is 0.350 e. The van der Waals surface area contributed by atoms with Crippen LogP contribution in [-0.2, 0) is 16.1 Å². The molecule has 2 aromatic carbocycles. The third-order valence-corrected chi connectivity index (χ3v) is 5.17. The van der Waals surface area contributed by atoms with Gasteiger partial charge in [-0.3, -0.25) is 14.4 Å². The maximum absolute atomic E-state index is 12.7. The summed E-state index contributed by atoms with van der Waals surface area (Å²) in [4.78, 5) is 37.1. The minimum Gasteiger partial charge on any atom is -0.350 e. The highest BCUT2D eigenvalue weighted by molar-refractivity contribution is 6.36. The zero-order chi connectivity index (χ0) is 23.1. The van der Waals surface area contributed by atoms with Crippen LogP contribution in [0.25, 0.3) is 0 Å². The van der Waals surface area contributed by atoms with Crippen molar-refractivity contribution in [1.82, 2.24) is 10.6 Å². The zero-order valence-electron chi connectivity index (χ0n) is 18.0. The average molecular weight is 464 g/mol. The molecule has 31 heavy (non-hydrogen) atoms. The van der Waals surface area contributed by atoms with Gasteiger partial charge in [-0.05, 0) is 41.8 Å².